The van der Waals surface area contributed by atoms with Gasteiger partial charge in [0.15, 0.2) is 5.82 Å². The van der Waals surface area contributed by atoms with Gasteiger partial charge in [0.05, 0.1) is 18.0 Å². The van der Waals surface area contributed by atoms with Gasteiger partial charge in [0.2, 0.25) is 17.7 Å². The summed E-state index contributed by atoms with van der Waals surface area (Å²) in [4.78, 5) is 38.6. The quantitative estimate of drug-likeness (QED) is 0.308. The van der Waals surface area contributed by atoms with E-state index >= 15 is 0 Å². The molecule has 2 heterocycles. The van der Waals surface area contributed by atoms with Crippen LogP contribution < -0.4 is 16.8 Å². The maximum Gasteiger partial charge on any atom is 0.248 e. The van der Waals surface area contributed by atoms with Crippen LogP contribution in [0.4, 0.5) is 0 Å². The van der Waals surface area contributed by atoms with Crippen LogP contribution in [0.1, 0.15) is 56.9 Å². The first-order valence-electron chi connectivity index (χ1n) is 12.4. The van der Waals surface area contributed by atoms with Crippen LogP contribution in [0.5, 0.6) is 0 Å². The van der Waals surface area contributed by atoms with Gasteiger partial charge in [0.25, 0.3) is 0 Å². The molecule has 192 valence electrons. The third kappa shape index (κ3) is 3.54. The molecule has 0 bridgehead atoms. The summed E-state index contributed by atoms with van der Waals surface area (Å²) in [5.74, 6) is -0.373. The van der Waals surface area contributed by atoms with Crippen LogP contribution in [0.3, 0.4) is 0 Å². The number of nitriles is 1. The lowest BCUT2D eigenvalue weighted by molar-refractivity contribution is -0.131. The highest BCUT2D eigenvalue weighted by Crippen LogP contribution is 2.53. The van der Waals surface area contributed by atoms with Crippen molar-refractivity contribution in [1.29, 1.82) is 5.26 Å². The van der Waals surface area contributed by atoms with E-state index in [1.54, 1.807) is 29.2 Å². The average Bonchev–Trinajstić information content (AvgIpc) is 3.25. The first-order chi connectivity index (χ1) is 18.3. The van der Waals surface area contributed by atoms with Gasteiger partial charge < -0.3 is 21.7 Å². The minimum absolute atomic E-state index is 0.0837. The summed E-state index contributed by atoms with van der Waals surface area (Å²) < 4.78 is 0. The van der Waals surface area contributed by atoms with Crippen molar-refractivity contribution in [2.45, 2.75) is 36.8 Å². The summed E-state index contributed by atoms with van der Waals surface area (Å²) in [6.07, 6.45) is 2.17. The summed E-state index contributed by atoms with van der Waals surface area (Å²) >= 11 is 0. The summed E-state index contributed by atoms with van der Waals surface area (Å²) in [6.45, 7) is 0.512. The van der Waals surface area contributed by atoms with Gasteiger partial charge in [-0.05, 0) is 78.2 Å². The number of nitrogens with two attached hydrogens (primary N) is 2. The van der Waals surface area contributed by atoms with Crippen molar-refractivity contribution >= 4 is 17.7 Å². The topological polar surface area (TPSA) is 197 Å². The summed E-state index contributed by atoms with van der Waals surface area (Å²) in [5, 5.41) is 27.6. The minimum Gasteiger partial charge on any atom is -0.366 e. The van der Waals surface area contributed by atoms with Crippen molar-refractivity contribution in [2.75, 3.05) is 13.1 Å². The van der Waals surface area contributed by atoms with Crippen LogP contribution >= 0.6 is 0 Å². The van der Waals surface area contributed by atoms with Crippen LogP contribution in [0, 0.1) is 17.2 Å². The molecule has 3 aromatic rings. The molecular formula is C26H25N9O3. The maximum absolute atomic E-state index is 12.9. The fraction of sp³-hybridized carbons (Fsp3) is 0.346. The number of nitrogens with zero attached hydrogens (tertiary/aromatic N) is 5. The fourth-order valence-electron chi connectivity index (χ4n) is 6.19. The Balaban J connectivity index is 1.34. The Morgan fingerprint density at radius 1 is 1.08 bits per heavy atom. The van der Waals surface area contributed by atoms with Gasteiger partial charge in [-0.15, -0.1) is 10.2 Å². The second-order valence-electron chi connectivity index (χ2n) is 10.1. The average molecular weight is 512 g/mol. The van der Waals surface area contributed by atoms with Gasteiger partial charge in [-0.25, -0.2) is 0 Å². The summed E-state index contributed by atoms with van der Waals surface area (Å²) in [5.41, 5.74) is 13.9. The normalized spacial score (nSPS) is 21.8. The van der Waals surface area contributed by atoms with Gasteiger partial charge in [0.1, 0.15) is 6.04 Å². The number of benzene rings is 2. The molecule has 12 heteroatoms. The number of likely N-dealkylation sites (tertiary alicyclic amines) is 1. The molecule has 6 rings (SSSR count). The highest BCUT2D eigenvalue weighted by atomic mass is 16.2. The van der Waals surface area contributed by atoms with Gasteiger partial charge in [-0.2, -0.15) is 10.5 Å². The van der Waals surface area contributed by atoms with Crippen molar-refractivity contribution in [2.24, 2.45) is 17.4 Å². The maximum atomic E-state index is 12.9. The molecule has 1 aliphatic heterocycles. The number of fused-ring (bicyclic) bond motifs is 4. The number of primary amides is 2. The van der Waals surface area contributed by atoms with E-state index in [1.165, 1.54) is 0 Å². The van der Waals surface area contributed by atoms with Gasteiger partial charge in [0, 0.05) is 17.2 Å². The zero-order valence-corrected chi connectivity index (χ0v) is 20.3. The first kappa shape index (κ1) is 23.7. The Morgan fingerprint density at radius 2 is 1.74 bits per heavy atom. The number of piperidine rings is 1. The minimum atomic E-state index is -0.884. The number of aromatic amines is 1. The Hall–Kier alpha value is -4.63. The van der Waals surface area contributed by atoms with E-state index in [4.69, 9.17) is 11.5 Å². The third-order valence-corrected chi connectivity index (χ3v) is 8.04. The Morgan fingerprint density at radius 3 is 2.29 bits per heavy atom. The molecule has 38 heavy (non-hydrogen) atoms. The molecule has 1 saturated heterocycles. The fourth-order valence-corrected chi connectivity index (χ4v) is 6.19. The largest absolute Gasteiger partial charge is 0.366 e. The van der Waals surface area contributed by atoms with Gasteiger partial charge >= 0.3 is 0 Å². The number of carbonyl (C=O) groups is 3. The molecule has 2 fully saturated rings. The van der Waals surface area contributed by atoms with E-state index in [2.05, 4.69) is 32.0 Å². The van der Waals surface area contributed by atoms with Crippen LogP contribution in [-0.4, -0.2) is 68.4 Å². The Bertz CT molecular complexity index is 1450. The molecule has 2 aliphatic carbocycles. The molecule has 1 unspecified atom stereocenters. The molecule has 1 saturated carbocycles. The molecule has 6 N–H and O–H groups in total. The van der Waals surface area contributed by atoms with Crippen molar-refractivity contribution in [1.82, 2.24) is 30.8 Å². The molecule has 3 aliphatic rings. The standard InChI is InChI=1S/C26H25N9O3/c27-11-16-7-15-10-21(15)35(16)22(36)12-30-6-5-26(25-31-33-34-32-25)19-3-1-13(23(28)37)8-17(19)18-9-14(24(29)38)2-4-20(18)26/h1-4,8-9,15-16,21,30H,5-7,10,12H2,(H2,28,37)(H2,29,38)(H,31,32,33,34)/t15-,16?,21+/m1/s1. The second-order valence-corrected chi connectivity index (χ2v) is 10.1. The number of rotatable bonds is 8. The second kappa shape index (κ2) is 8.74. The van der Waals surface area contributed by atoms with E-state index in [9.17, 15) is 19.6 Å². The van der Waals surface area contributed by atoms with Crippen LogP contribution in [-0.2, 0) is 10.2 Å². The lowest BCUT2D eigenvalue weighted by Gasteiger charge is -2.29. The van der Waals surface area contributed by atoms with Crippen LogP contribution in [0.25, 0.3) is 11.1 Å². The number of amides is 3. The predicted molar refractivity (Wildman–Crippen MR) is 133 cm³/mol. The summed E-state index contributed by atoms with van der Waals surface area (Å²) in [6, 6.07) is 12.4. The van der Waals surface area contributed by atoms with Crippen molar-refractivity contribution < 1.29 is 14.4 Å². The number of tetrazole rings is 1. The highest BCUT2D eigenvalue weighted by molar-refractivity contribution is 5.98. The zero-order valence-electron chi connectivity index (χ0n) is 20.3. The van der Waals surface area contributed by atoms with E-state index in [0.717, 1.165) is 24.0 Å². The van der Waals surface area contributed by atoms with Gasteiger partial charge in [-0.3, -0.25) is 14.4 Å². The monoisotopic (exact) mass is 511 g/mol. The molecular weight excluding hydrogens is 486 g/mol. The van der Waals surface area contributed by atoms with Crippen molar-refractivity contribution in [3.63, 3.8) is 0 Å². The van der Waals surface area contributed by atoms with Gasteiger partial charge in [-0.1, -0.05) is 17.3 Å². The Kier molecular flexibility index (Phi) is 5.46. The molecule has 0 radical (unpaired) electrons. The molecule has 2 aromatic carbocycles. The van der Waals surface area contributed by atoms with Crippen LogP contribution in [0.2, 0.25) is 0 Å². The smallest absolute Gasteiger partial charge is 0.248 e. The van der Waals surface area contributed by atoms with E-state index in [1.807, 2.05) is 12.1 Å². The van der Waals surface area contributed by atoms with E-state index in [0.29, 0.717) is 47.0 Å². The SMILES string of the molecule is N#CC1C[C@@H]2C[C@@H]2N1C(=O)CNCCC1(c2nn[nH]n2)c2ccc(C(N)=O)cc2-c2cc(C(N)=O)ccc21. The van der Waals surface area contributed by atoms with Crippen LogP contribution in [0.15, 0.2) is 36.4 Å². The predicted octanol–water partition coefficient (Wildman–Crippen LogP) is 0.205. The first-order valence-corrected chi connectivity index (χ1v) is 12.4. The number of carbonyl (C=O) groups excluding carboxylic acids is 3. The molecule has 0 spiro atoms. The number of hydrogen-bond acceptors (Lipinski definition) is 8. The molecule has 3 amide bonds. The zero-order chi connectivity index (χ0) is 26.6. The highest BCUT2D eigenvalue weighted by Gasteiger charge is 2.54. The summed E-state index contributed by atoms with van der Waals surface area (Å²) in [7, 11) is 0. The third-order valence-electron chi connectivity index (χ3n) is 8.04. The lowest BCUT2D eigenvalue weighted by Crippen LogP contribution is -2.43. The number of aromatic nitrogens is 4. The van der Waals surface area contributed by atoms with Crippen molar-refractivity contribution in [3.05, 3.63) is 64.5 Å². The number of nitrogens with one attached hydrogen (secondary N) is 2. The van der Waals surface area contributed by atoms with E-state index < -0.39 is 17.2 Å². The van der Waals surface area contributed by atoms with E-state index in [-0.39, 0.29) is 24.5 Å². The lowest BCUT2D eigenvalue weighted by atomic mass is 9.74. The van der Waals surface area contributed by atoms with Crippen molar-refractivity contribution in [3.8, 4) is 17.2 Å². The Labute approximate surface area is 217 Å². The number of H-pyrrole nitrogens is 1. The molecule has 1 aromatic heterocycles. The molecule has 12 nitrogen and oxygen atoms in total. The molecule has 3 atom stereocenters. The number of hydrogen-bond donors (Lipinski definition) is 4.